The van der Waals surface area contributed by atoms with Crippen LogP contribution in [0.1, 0.15) is 18.9 Å². The fraction of sp³-hybridized carbons (Fsp3) is 0.286. The Hall–Kier alpha value is -2.10. The molecule has 1 aromatic carbocycles. The highest BCUT2D eigenvalue weighted by Crippen LogP contribution is 1.99. The molecule has 1 atom stereocenters. The molecular weight excluding hydrogens is 228 g/mol. The van der Waals surface area contributed by atoms with Gasteiger partial charge in [-0.3, -0.25) is 9.59 Å². The van der Waals surface area contributed by atoms with Crippen LogP contribution in [0.2, 0.25) is 0 Å². The molecule has 18 heavy (non-hydrogen) atoms. The van der Waals surface area contributed by atoms with Crippen LogP contribution in [0.5, 0.6) is 0 Å². The highest BCUT2D eigenvalue weighted by molar-refractivity contribution is 5.86. The third-order valence-corrected chi connectivity index (χ3v) is 2.41. The zero-order valence-corrected chi connectivity index (χ0v) is 10.5. The molecular formula is C14H18N2O2. The van der Waals surface area contributed by atoms with Crippen molar-refractivity contribution < 1.29 is 9.59 Å². The quantitative estimate of drug-likeness (QED) is 0.745. The van der Waals surface area contributed by atoms with Crippen molar-refractivity contribution in [2.75, 3.05) is 0 Å². The smallest absolute Gasteiger partial charge is 0.243 e. The Labute approximate surface area is 107 Å². The molecule has 0 saturated carbocycles. The van der Waals surface area contributed by atoms with Gasteiger partial charge in [0, 0.05) is 13.5 Å². The molecule has 0 radical (unpaired) electrons. The SMILES string of the molecule is C=CC[C@@H](NC(C)=O)C(=O)NCc1ccccc1. The molecule has 4 nitrogen and oxygen atoms in total. The van der Waals surface area contributed by atoms with Gasteiger partial charge in [-0.25, -0.2) is 0 Å². The van der Waals surface area contributed by atoms with E-state index in [4.69, 9.17) is 0 Å². The van der Waals surface area contributed by atoms with E-state index in [1.807, 2.05) is 30.3 Å². The summed E-state index contributed by atoms with van der Waals surface area (Å²) in [5.74, 6) is -0.425. The van der Waals surface area contributed by atoms with Crippen LogP contribution in [0, 0.1) is 0 Å². The molecule has 0 heterocycles. The molecule has 0 bridgehead atoms. The van der Waals surface area contributed by atoms with E-state index >= 15 is 0 Å². The zero-order valence-electron chi connectivity index (χ0n) is 10.5. The molecule has 0 unspecified atom stereocenters. The lowest BCUT2D eigenvalue weighted by Crippen LogP contribution is -2.45. The summed E-state index contributed by atoms with van der Waals surface area (Å²) in [6, 6.07) is 9.06. The average molecular weight is 246 g/mol. The van der Waals surface area contributed by atoms with Gasteiger partial charge in [0.25, 0.3) is 0 Å². The minimum atomic E-state index is -0.552. The maximum absolute atomic E-state index is 11.9. The van der Waals surface area contributed by atoms with Crippen LogP contribution in [-0.2, 0) is 16.1 Å². The lowest BCUT2D eigenvalue weighted by molar-refractivity contribution is -0.128. The van der Waals surface area contributed by atoms with Gasteiger partial charge in [-0.05, 0) is 12.0 Å². The zero-order chi connectivity index (χ0) is 13.4. The topological polar surface area (TPSA) is 58.2 Å². The molecule has 0 fully saturated rings. The summed E-state index contributed by atoms with van der Waals surface area (Å²) < 4.78 is 0. The maximum atomic E-state index is 11.9. The first-order valence-electron chi connectivity index (χ1n) is 5.83. The highest BCUT2D eigenvalue weighted by atomic mass is 16.2. The standard InChI is InChI=1S/C14H18N2O2/c1-3-7-13(16-11(2)17)14(18)15-10-12-8-5-4-6-9-12/h3-6,8-9,13H,1,7,10H2,2H3,(H,15,18)(H,16,17)/t13-/m1/s1. The first kappa shape index (κ1) is 14.0. The number of benzene rings is 1. The number of carbonyl (C=O) groups is 2. The fourth-order valence-electron chi connectivity index (χ4n) is 1.55. The van der Waals surface area contributed by atoms with Crippen molar-refractivity contribution in [2.24, 2.45) is 0 Å². The summed E-state index contributed by atoms with van der Waals surface area (Å²) in [6.07, 6.45) is 2.03. The van der Waals surface area contributed by atoms with Crippen molar-refractivity contribution in [2.45, 2.75) is 25.9 Å². The predicted molar refractivity (Wildman–Crippen MR) is 70.7 cm³/mol. The van der Waals surface area contributed by atoms with Gasteiger partial charge >= 0.3 is 0 Å². The second-order valence-electron chi connectivity index (χ2n) is 3.98. The Balaban J connectivity index is 2.51. The third kappa shape index (κ3) is 4.82. The average Bonchev–Trinajstić information content (AvgIpc) is 2.36. The van der Waals surface area contributed by atoms with Crippen LogP contribution in [0.25, 0.3) is 0 Å². The van der Waals surface area contributed by atoms with Crippen molar-refractivity contribution in [1.29, 1.82) is 0 Å². The summed E-state index contributed by atoms with van der Waals surface area (Å²) in [6.45, 7) is 5.42. The minimum Gasteiger partial charge on any atom is -0.350 e. The largest absolute Gasteiger partial charge is 0.350 e. The van der Waals surface area contributed by atoms with E-state index in [1.165, 1.54) is 6.92 Å². The molecule has 0 aromatic heterocycles. The molecule has 0 aliphatic rings. The Bertz CT molecular complexity index is 415. The van der Waals surface area contributed by atoms with E-state index in [2.05, 4.69) is 17.2 Å². The third-order valence-electron chi connectivity index (χ3n) is 2.41. The van der Waals surface area contributed by atoms with Gasteiger partial charge in [-0.2, -0.15) is 0 Å². The first-order chi connectivity index (χ1) is 8.63. The summed E-state index contributed by atoms with van der Waals surface area (Å²) in [4.78, 5) is 22.9. The molecule has 0 aliphatic heterocycles. The Morgan fingerprint density at radius 1 is 1.33 bits per heavy atom. The van der Waals surface area contributed by atoms with E-state index in [-0.39, 0.29) is 11.8 Å². The number of rotatable bonds is 6. The Morgan fingerprint density at radius 2 is 2.00 bits per heavy atom. The normalized spacial score (nSPS) is 11.4. The number of nitrogens with one attached hydrogen (secondary N) is 2. The van der Waals surface area contributed by atoms with Crippen LogP contribution in [0.3, 0.4) is 0 Å². The summed E-state index contributed by atoms with van der Waals surface area (Å²) in [5, 5.41) is 5.38. The van der Waals surface area contributed by atoms with E-state index in [0.29, 0.717) is 13.0 Å². The lowest BCUT2D eigenvalue weighted by atomic mass is 10.1. The number of hydrogen-bond acceptors (Lipinski definition) is 2. The van der Waals surface area contributed by atoms with Gasteiger partial charge in [0.05, 0.1) is 0 Å². The number of amides is 2. The van der Waals surface area contributed by atoms with Gasteiger partial charge < -0.3 is 10.6 Å². The lowest BCUT2D eigenvalue weighted by Gasteiger charge is -2.15. The van der Waals surface area contributed by atoms with Crippen LogP contribution < -0.4 is 10.6 Å². The summed E-state index contributed by atoms with van der Waals surface area (Å²) in [5.41, 5.74) is 1.02. The van der Waals surface area contributed by atoms with E-state index in [9.17, 15) is 9.59 Å². The van der Waals surface area contributed by atoms with Crippen LogP contribution in [0.15, 0.2) is 43.0 Å². The van der Waals surface area contributed by atoms with Crippen molar-refractivity contribution in [1.82, 2.24) is 10.6 Å². The molecule has 0 saturated heterocycles. The van der Waals surface area contributed by atoms with Crippen molar-refractivity contribution in [3.8, 4) is 0 Å². The predicted octanol–water partition coefficient (Wildman–Crippen LogP) is 1.38. The monoisotopic (exact) mass is 246 g/mol. The maximum Gasteiger partial charge on any atom is 0.243 e. The van der Waals surface area contributed by atoms with Gasteiger partial charge in [0.1, 0.15) is 6.04 Å². The van der Waals surface area contributed by atoms with Crippen LogP contribution in [-0.4, -0.2) is 17.9 Å². The number of carbonyl (C=O) groups excluding carboxylic acids is 2. The minimum absolute atomic E-state index is 0.200. The molecule has 4 heteroatoms. The molecule has 2 N–H and O–H groups in total. The second-order valence-corrected chi connectivity index (χ2v) is 3.98. The van der Waals surface area contributed by atoms with Gasteiger partial charge in [0.15, 0.2) is 0 Å². The molecule has 0 spiro atoms. The highest BCUT2D eigenvalue weighted by Gasteiger charge is 2.17. The Morgan fingerprint density at radius 3 is 2.56 bits per heavy atom. The van der Waals surface area contributed by atoms with Gasteiger partial charge in [-0.15, -0.1) is 6.58 Å². The van der Waals surface area contributed by atoms with Gasteiger partial charge in [-0.1, -0.05) is 36.4 Å². The summed E-state index contributed by atoms with van der Waals surface area (Å²) in [7, 11) is 0. The fourth-order valence-corrected chi connectivity index (χ4v) is 1.55. The van der Waals surface area contributed by atoms with Crippen molar-refractivity contribution in [3.05, 3.63) is 48.6 Å². The Kier molecular flexibility index (Phi) is 5.64. The van der Waals surface area contributed by atoms with Crippen LogP contribution in [0.4, 0.5) is 0 Å². The van der Waals surface area contributed by atoms with Crippen molar-refractivity contribution in [3.63, 3.8) is 0 Å². The molecule has 0 aliphatic carbocycles. The molecule has 2 amide bonds. The first-order valence-corrected chi connectivity index (χ1v) is 5.83. The van der Waals surface area contributed by atoms with E-state index in [0.717, 1.165) is 5.56 Å². The molecule has 96 valence electrons. The van der Waals surface area contributed by atoms with Crippen molar-refractivity contribution >= 4 is 11.8 Å². The van der Waals surface area contributed by atoms with E-state index < -0.39 is 6.04 Å². The second kappa shape index (κ2) is 7.27. The van der Waals surface area contributed by atoms with E-state index in [1.54, 1.807) is 6.08 Å². The molecule has 1 aromatic rings. The van der Waals surface area contributed by atoms with Crippen LogP contribution >= 0.6 is 0 Å². The number of hydrogen-bond donors (Lipinski definition) is 2. The summed E-state index contributed by atoms with van der Waals surface area (Å²) >= 11 is 0. The molecule has 1 rings (SSSR count). The van der Waals surface area contributed by atoms with Gasteiger partial charge in [0.2, 0.25) is 11.8 Å².